The van der Waals surface area contributed by atoms with E-state index in [2.05, 4.69) is 75.1 Å². The zero-order valence-corrected chi connectivity index (χ0v) is 20.0. The van der Waals surface area contributed by atoms with E-state index in [-0.39, 0.29) is 12.6 Å². The van der Waals surface area contributed by atoms with E-state index in [1.54, 1.807) is 6.92 Å². The van der Waals surface area contributed by atoms with Gasteiger partial charge < -0.3 is 9.64 Å². The van der Waals surface area contributed by atoms with Crippen molar-refractivity contribution in [3.8, 4) is 11.1 Å². The highest BCUT2D eigenvalue weighted by atomic mass is 17.2. The van der Waals surface area contributed by atoms with Crippen molar-refractivity contribution in [3.63, 3.8) is 0 Å². The molecule has 0 radical (unpaired) electrons. The van der Waals surface area contributed by atoms with E-state index < -0.39 is 5.97 Å². The van der Waals surface area contributed by atoms with Gasteiger partial charge in [0.15, 0.2) is 6.61 Å². The molecule has 0 aromatic heterocycles. The zero-order chi connectivity index (χ0) is 23.0. The van der Waals surface area contributed by atoms with Gasteiger partial charge in [0.25, 0.3) is 0 Å². The standard InChI is InChI=1S/C26H37NO4/c1-8-29-26(28)17-31-30-16-25(27(6)7)23-13-12-22(15-24(23)19(4)5)21-11-9-10-20(14-21)18(2)3/h9-15,18-19,25H,8,16-17H2,1-7H3. The van der Waals surface area contributed by atoms with Crippen LogP contribution >= 0.6 is 0 Å². The molecule has 0 saturated carbocycles. The summed E-state index contributed by atoms with van der Waals surface area (Å²) in [6.45, 7) is 11.0. The molecule has 0 aliphatic rings. The van der Waals surface area contributed by atoms with Crippen molar-refractivity contribution in [1.82, 2.24) is 4.90 Å². The van der Waals surface area contributed by atoms with Crippen molar-refractivity contribution in [1.29, 1.82) is 0 Å². The van der Waals surface area contributed by atoms with Gasteiger partial charge in [-0.05, 0) is 60.7 Å². The first-order valence-electron chi connectivity index (χ1n) is 11.0. The Labute approximate surface area is 187 Å². The van der Waals surface area contributed by atoms with Gasteiger partial charge in [-0.3, -0.25) is 0 Å². The lowest BCUT2D eigenvalue weighted by molar-refractivity contribution is -0.299. The lowest BCUT2D eigenvalue weighted by atomic mass is 9.88. The molecule has 31 heavy (non-hydrogen) atoms. The minimum absolute atomic E-state index is 0.00403. The van der Waals surface area contributed by atoms with Crippen LogP contribution in [0, 0.1) is 0 Å². The van der Waals surface area contributed by atoms with E-state index in [0.717, 1.165) is 0 Å². The van der Waals surface area contributed by atoms with Crippen molar-refractivity contribution in [3.05, 3.63) is 59.2 Å². The number of likely N-dealkylation sites (N-methyl/N-ethyl adjacent to an activating group) is 1. The molecule has 0 bridgehead atoms. The Morgan fingerprint density at radius 2 is 1.61 bits per heavy atom. The van der Waals surface area contributed by atoms with Crippen LogP contribution < -0.4 is 0 Å². The van der Waals surface area contributed by atoms with Crippen LogP contribution in [0.2, 0.25) is 0 Å². The van der Waals surface area contributed by atoms with E-state index in [0.29, 0.717) is 25.0 Å². The number of carbonyl (C=O) groups is 1. The third-order valence-corrected chi connectivity index (χ3v) is 5.37. The summed E-state index contributed by atoms with van der Waals surface area (Å²) in [5.74, 6) is 0.416. The molecule has 0 fully saturated rings. The topological polar surface area (TPSA) is 48.0 Å². The Kier molecular flexibility index (Phi) is 9.69. The maximum atomic E-state index is 11.4. The Morgan fingerprint density at radius 1 is 0.903 bits per heavy atom. The molecule has 5 heteroatoms. The summed E-state index contributed by atoms with van der Waals surface area (Å²) in [6, 6.07) is 15.4. The quantitative estimate of drug-likeness (QED) is 0.199. The number of esters is 1. The lowest BCUT2D eigenvalue weighted by Crippen LogP contribution is -2.26. The summed E-state index contributed by atoms with van der Waals surface area (Å²) in [5.41, 5.74) is 6.26. The van der Waals surface area contributed by atoms with Crippen LogP contribution in [0.3, 0.4) is 0 Å². The minimum Gasteiger partial charge on any atom is -0.464 e. The summed E-state index contributed by atoms with van der Waals surface area (Å²) in [7, 11) is 4.03. The Morgan fingerprint density at radius 3 is 2.23 bits per heavy atom. The number of ether oxygens (including phenoxy) is 1. The van der Waals surface area contributed by atoms with E-state index in [4.69, 9.17) is 14.5 Å². The second kappa shape index (κ2) is 12.0. The highest BCUT2D eigenvalue weighted by molar-refractivity contribution is 5.70. The molecule has 1 atom stereocenters. The van der Waals surface area contributed by atoms with Gasteiger partial charge in [0.2, 0.25) is 0 Å². The van der Waals surface area contributed by atoms with Crippen molar-refractivity contribution >= 4 is 5.97 Å². The highest BCUT2D eigenvalue weighted by Gasteiger charge is 2.21. The fourth-order valence-corrected chi connectivity index (χ4v) is 3.56. The third kappa shape index (κ3) is 7.17. The highest BCUT2D eigenvalue weighted by Crippen LogP contribution is 2.33. The first-order valence-corrected chi connectivity index (χ1v) is 11.0. The van der Waals surface area contributed by atoms with Gasteiger partial charge in [0.05, 0.1) is 12.6 Å². The first-order chi connectivity index (χ1) is 14.7. The molecule has 2 aromatic rings. The zero-order valence-electron chi connectivity index (χ0n) is 20.0. The molecule has 0 heterocycles. The van der Waals surface area contributed by atoms with Crippen LogP contribution in [0.5, 0.6) is 0 Å². The predicted molar refractivity (Wildman–Crippen MR) is 125 cm³/mol. The molecule has 0 aliphatic heterocycles. The van der Waals surface area contributed by atoms with Crippen LogP contribution in [0.1, 0.15) is 69.2 Å². The van der Waals surface area contributed by atoms with Gasteiger partial charge in [0.1, 0.15) is 6.61 Å². The molecule has 0 N–H and O–H groups in total. The fraction of sp³-hybridized carbons (Fsp3) is 0.500. The van der Waals surface area contributed by atoms with Crippen LogP contribution in [0.4, 0.5) is 0 Å². The van der Waals surface area contributed by atoms with Crippen LogP contribution in [-0.4, -0.2) is 44.8 Å². The molecular formula is C26H37NO4. The van der Waals surface area contributed by atoms with Gasteiger partial charge in [0, 0.05) is 0 Å². The number of carbonyl (C=O) groups excluding carboxylic acids is 1. The summed E-state index contributed by atoms with van der Waals surface area (Å²) in [4.78, 5) is 24.0. The molecule has 5 nitrogen and oxygen atoms in total. The number of benzene rings is 2. The number of hydrogen-bond acceptors (Lipinski definition) is 5. The molecule has 2 rings (SSSR count). The molecule has 0 amide bonds. The maximum absolute atomic E-state index is 11.4. The number of nitrogens with zero attached hydrogens (tertiary/aromatic N) is 1. The van der Waals surface area contributed by atoms with Crippen LogP contribution in [-0.2, 0) is 19.3 Å². The Hall–Kier alpha value is -2.21. The third-order valence-electron chi connectivity index (χ3n) is 5.37. The van der Waals surface area contributed by atoms with Gasteiger partial charge in [-0.25, -0.2) is 14.6 Å². The summed E-state index contributed by atoms with van der Waals surface area (Å²) in [5, 5.41) is 0. The Balaban J connectivity index is 2.25. The van der Waals surface area contributed by atoms with Gasteiger partial charge >= 0.3 is 5.97 Å². The predicted octanol–water partition coefficient (Wildman–Crippen LogP) is 5.71. The van der Waals surface area contributed by atoms with E-state index in [1.807, 2.05) is 14.1 Å². The first kappa shape index (κ1) is 25.1. The van der Waals surface area contributed by atoms with Crippen molar-refractivity contribution in [2.75, 3.05) is 33.9 Å². The van der Waals surface area contributed by atoms with E-state index in [1.165, 1.54) is 27.8 Å². The monoisotopic (exact) mass is 427 g/mol. The summed E-state index contributed by atoms with van der Waals surface area (Å²) >= 11 is 0. The molecule has 170 valence electrons. The smallest absolute Gasteiger partial charge is 0.335 e. The molecular weight excluding hydrogens is 390 g/mol. The normalized spacial score (nSPS) is 12.6. The lowest BCUT2D eigenvalue weighted by Gasteiger charge is -2.28. The van der Waals surface area contributed by atoms with Crippen LogP contribution in [0.15, 0.2) is 42.5 Å². The minimum atomic E-state index is -0.431. The number of rotatable bonds is 11. The Bertz CT molecular complexity index is 845. The fourth-order valence-electron chi connectivity index (χ4n) is 3.56. The summed E-state index contributed by atoms with van der Waals surface area (Å²) < 4.78 is 4.86. The van der Waals surface area contributed by atoms with Gasteiger partial charge in [-0.1, -0.05) is 70.2 Å². The SMILES string of the molecule is CCOC(=O)COOCC(c1ccc(-c2cccc(C(C)C)c2)cc1C(C)C)N(C)C. The molecule has 2 aromatic carbocycles. The van der Waals surface area contributed by atoms with Gasteiger partial charge in [-0.15, -0.1) is 0 Å². The van der Waals surface area contributed by atoms with Gasteiger partial charge in [-0.2, -0.15) is 0 Å². The van der Waals surface area contributed by atoms with Crippen molar-refractivity contribution in [2.45, 2.75) is 52.5 Å². The molecule has 0 aliphatic carbocycles. The van der Waals surface area contributed by atoms with Crippen molar-refractivity contribution in [2.24, 2.45) is 0 Å². The van der Waals surface area contributed by atoms with Crippen molar-refractivity contribution < 1.29 is 19.3 Å². The molecule has 1 unspecified atom stereocenters. The summed E-state index contributed by atoms with van der Waals surface area (Å²) in [6.07, 6.45) is 0. The number of hydrogen-bond donors (Lipinski definition) is 0. The molecule has 0 saturated heterocycles. The second-order valence-corrected chi connectivity index (χ2v) is 8.61. The molecule has 0 spiro atoms. The van der Waals surface area contributed by atoms with Crippen LogP contribution in [0.25, 0.3) is 11.1 Å². The average molecular weight is 428 g/mol. The maximum Gasteiger partial charge on any atom is 0.335 e. The average Bonchev–Trinajstić information content (AvgIpc) is 2.73. The van der Waals surface area contributed by atoms with E-state index >= 15 is 0 Å². The largest absolute Gasteiger partial charge is 0.464 e. The van der Waals surface area contributed by atoms with E-state index in [9.17, 15) is 4.79 Å². The second-order valence-electron chi connectivity index (χ2n) is 8.61.